The van der Waals surface area contributed by atoms with E-state index in [9.17, 15) is 18.8 Å². The van der Waals surface area contributed by atoms with Crippen LogP contribution in [0.1, 0.15) is 51.0 Å². The van der Waals surface area contributed by atoms with Crippen LogP contribution in [0.25, 0.3) is 0 Å². The van der Waals surface area contributed by atoms with Gasteiger partial charge in [-0.2, -0.15) is 0 Å². The molecule has 0 aromatic heterocycles. The van der Waals surface area contributed by atoms with E-state index in [0.29, 0.717) is 50.1 Å². The summed E-state index contributed by atoms with van der Waals surface area (Å²) in [6, 6.07) is 4.70. The molecule has 2 fully saturated rings. The number of methoxy groups -OCH3 is 1. The number of ether oxygens (including phenoxy) is 1. The Labute approximate surface area is 170 Å². The smallest absolute Gasteiger partial charge is 0.222 e. The minimum Gasteiger partial charge on any atom is -0.497 e. The van der Waals surface area contributed by atoms with E-state index in [1.807, 2.05) is 0 Å². The number of likely N-dealkylation sites (tertiary alicyclic amines) is 1. The van der Waals surface area contributed by atoms with Gasteiger partial charge < -0.3 is 15.0 Å². The fourth-order valence-electron chi connectivity index (χ4n) is 4.38. The molecule has 7 heteroatoms. The zero-order valence-corrected chi connectivity index (χ0v) is 17.1. The normalized spacial score (nSPS) is 24.3. The van der Waals surface area contributed by atoms with Crippen LogP contribution in [0.4, 0.5) is 4.39 Å². The van der Waals surface area contributed by atoms with Crippen LogP contribution in [0.15, 0.2) is 18.2 Å². The molecule has 0 saturated carbocycles. The molecule has 1 N–H and O–H groups in total. The van der Waals surface area contributed by atoms with Crippen molar-refractivity contribution < 1.29 is 23.5 Å². The molecule has 2 aliphatic rings. The molecule has 2 aliphatic heterocycles. The Bertz CT molecular complexity index is 797. The quantitative estimate of drug-likeness (QED) is 0.758. The molecule has 6 nitrogen and oxygen atoms in total. The van der Waals surface area contributed by atoms with E-state index in [4.69, 9.17) is 4.74 Å². The summed E-state index contributed by atoms with van der Waals surface area (Å²) in [4.78, 5) is 38.1. The Morgan fingerprint density at radius 3 is 2.79 bits per heavy atom. The van der Waals surface area contributed by atoms with Crippen molar-refractivity contribution in [2.45, 2.75) is 57.4 Å². The van der Waals surface area contributed by atoms with E-state index in [2.05, 4.69) is 5.32 Å². The van der Waals surface area contributed by atoms with Gasteiger partial charge in [-0.05, 0) is 50.7 Å². The Kier molecular flexibility index (Phi) is 6.55. The van der Waals surface area contributed by atoms with Crippen LogP contribution < -0.4 is 10.1 Å². The second kappa shape index (κ2) is 8.93. The van der Waals surface area contributed by atoms with Gasteiger partial charge in [0.2, 0.25) is 11.8 Å². The maximum absolute atomic E-state index is 14.5. The fourth-order valence-corrected chi connectivity index (χ4v) is 4.38. The minimum absolute atomic E-state index is 0.00771. The van der Waals surface area contributed by atoms with Crippen molar-refractivity contribution in [1.29, 1.82) is 0 Å². The van der Waals surface area contributed by atoms with Gasteiger partial charge in [0.05, 0.1) is 7.11 Å². The topological polar surface area (TPSA) is 75.7 Å². The molecule has 2 saturated heterocycles. The molecule has 2 heterocycles. The number of hydrogen-bond donors (Lipinski definition) is 1. The summed E-state index contributed by atoms with van der Waals surface area (Å²) >= 11 is 0. The third-order valence-corrected chi connectivity index (χ3v) is 6.19. The number of nitrogens with zero attached hydrogens (tertiary/aromatic N) is 1. The van der Waals surface area contributed by atoms with Crippen LogP contribution in [-0.4, -0.2) is 48.2 Å². The minimum atomic E-state index is -0.627. The summed E-state index contributed by atoms with van der Waals surface area (Å²) in [6.07, 6.45) is 3.65. The number of amides is 2. The highest BCUT2D eigenvalue weighted by Gasteiger charge is 2.39. The largest absolute Gasteiger partial charge is 0.497 e. The number of ketones is 1. The monoisotopic (exact) mass is 404 g/mol. The molecule has 1 aromatic carbocycles. The third-order valence-electron chi connectivity index (χ3n) is 6.19. The molecule has 2 atom stereocenters. The third kappa shape index (κ3) is 5.14. The van der Waals surface area contributed by atoms with E-state index in [1.165, 1.54) is 13.2 Å². The number of carbonyl (C=O) groups excluding carboxylic acids is 3. The SMILES string of the molecule is COc1ccc(C[C@]2(CCC(=O)N3CCC[C@H](C(C)=O)C3)CCC(=O)N2)c(F)c1. The van der Waals surface area contributed by atoms with Crippen molar-refractivity contribution >= 4 is 17.6 Å². The predicted molar refractivity (Wildman–Crippen MR) is 106 cm³/mol. The summed E-state index contributed by atoms with van der Waals surface area (Å²) in [5, 5.41) is 3.00. The number of rotatable bonds is 7. The zero-order valence-electron chi connectivity index (χ0n) is 17.1. The first-order valence-electron chi connectivity index (χ1n) is 10.2. The van der Waals surface area contributed by atoms with Gasteiger partial charge >= 0.3 is 0 Å². The number of benzene rings is 1. The van der Waals surface area contributed by atoms with E-state index in [1.54, 1.807) is 24.0 Å². The molecule has 0 unspecified atom stereocenters. The first kappa shape index (κ1) is 21.3. The van der Waals surface area contributed by atoms with Crippen LogP contribution in [0.3, 0.4) is 0 Å². The second-order valence-electron chi connectivity index (χ2n) is 8.25. The van der Waals surface area contributed by atoms with Crippen molar-refractivity contribution in [2.24, 2.45) is 5.92 Å². The molecule has 2 amide bonds. The van der Waals surface area contributed by atoms with Gasteiger partial charge in [-0.15, -0.1) is 0 Å². The van der Waals surface area contributed by atoms with Gasteiger partial charge in [0.15, 0.2) is 0 Å². The number of halogens is 1. The highest BCUT2D eigenvalue weighted by atomic mass is 19.1. The lowest BCUT2D eigenvalue weighted by molar-refractivity contribution is -0.135. The first-order valence-corrected chi connectivity index (χ1v) is 10.2. The Morgan fingerprint density at radius 2 is 2.17 bits per heavy atom. The Hall–Kier alpha value is -2.44. The molecule has 0 spiro atoms. The zero-order chi connectivity index (χ0) is 21.0. The Balaban J connectivity index is 1.67. The van der Waals surface area contributed by atoms with Crippen LogP contribution in [-0.2, 0) is 20.8 Å². The predicted octanol–water partition coefficient (Wildman–Crippen LogP) is 2.63. The van der Waals surface area contributed by atoms with Crippen LogP contribution in [0.5, 0.6) is 5.75 Å². The Morgan fingerprint density at radius 1 is 1.38 bits per heavy atom. The highest BCUT2D eigenvalue weighted by Crippen LogP contribution is 2.32. The number of piperidine rings is 1. The van der Waals surface area contributed by atoms with Crippen molar-refractivity contribution in [1.82, 2.24) is 10.2 Å². The molecule has 0 radical (unpaired) electrons. The number of carbonyl (C=O) groups is 3. The van der Waals surface area contributed by atoms with E-state index < -0.39 is 5.54 Å². The number of Topliss-reactive ketones (excluding diaryl/α,β-unsaturated/α-hetero) is 1. The molecule has 0 bridgehead atoms. The van der Waals surface area contributed by atoms with Gasteiger partial charge in [0.25, 0.3) is 0 Å². The summed E-state index contributed by atoms with van der Waals surface area (Å²) in [6.45, 7) is 2.71. The highest BCUT2D eigenvalue weighted by molar-refractivity contribution is 5.82. The lowest BCUT2D eigenvalue weighted by Crippen LogP contribution is -2.46. The standard InChI is InChI=1S/C22H29FN2O4/c1-15(26)17-4-3-11-25(14-17)21(28)8-10-22(9-7-20(27)24-22)13-16-5-6-18(29-2)12-19(16)23/h5-6,12,17H,3-4,7-11,13-14H2,1-2H3,(H,24,27)/t17-,22+/m0/s1. The molecular formula is C22H29FN2O4. The summed E-state index contributed by atoms with van der Waals surface area (Å²) in [5.74, 6) is 0.0264. The molecule has 29 heavy (non-hydrogen) atoms. The fraction of sp³-hybridized carbons (Fsp3) is 0.591. The molecule has 1 aromatic rings. The summed E-state index contributed by atoms with van der Waals surface area (Å²) in [7, 11) is 1.48. The molecular weight excluding hydrogens is 375 g/mol. The maximum atomic E-state index is 14.5. The second-order valence-corrected chi connectivity index (χ2v) is 8.25. The van der Waals surface area contributed by atoms with Crippen LogP contribution in [0.2, 0.25) is 0 Å². The van der Waals surface area contributed by atoms with Gasteiger partial charge in [-0.3, -0.25) is 14.4 Å². The lowest BCUT2D eigenvalue weighted by atomic mass is 9.84. The van der Waals surface area contributed by atoms with Crippen LogP contribution >= 0.6 is 0 Å². The molecule has 3 rings (SSSR count). The summed E-state index contributed by atoms with van der Waals surface area (Å²) in [5.41, 5.74) is -0.132. The van der Waals surface area contributed by atoms with Crippen molar-refractivity contribution in [3.05, 3.63) is 29.6 Å². The van der Waals surface area contributed by atoms with Gasteiger partial charge in [-0.25, -0.2) is 4.39 Å². The lowest BCUT2D eigenvalue weighted by Gasteiger charge is -2.34. The maximum Gasteiger partial charge on any atom is 0.222 e. The average Bonchev–Trinajstić information content (AvgIpc) is 3.08. The van der Waals surface area contributed by atoms with Crippen molar-refractivity contribution in [2.75, 3.05) is 20.2 Å². The molecule has 0 aliphatic carbocycles. The van der Waals surface area contributed by atoms with E-state index in [0.717, 1.165) is 12.8 Å². The first-order chi connectivity index (χ1) is 13.8. The number of nitrogens with one attached hydrogen (secondary N) is 1. The van der Waals surface area contributed by atoms with Crippen LogP contribution in [0, 0.1) is 11.7 Å². The van der Waals surface area contributed by atoms with Crippen molar-refractivity contribution in [3.8, 4) is 5.75 Å². The van der Waals surface area contributed by atoms with E-state index in [-0.39, 0.29) is 35.8 Å². The number of hydrogen-bond acceptors (Lipinski definition) is 4. The van der Waals surface area contributed by atoms with Crippen molar-refractivity contribution in [3.63, 3.8) is 0 Å². The van der Waals surface area contributed by atoms with E-state index >= 15 is 0 Å². The van der Waals surface area contributed by atoms with Gasteiger partial charge in [-0.1, -0.05) is 6.07 Å². The average molecular weight is 404 g/mol. The van der Waals surface area contributed by atoms with Gasteiger partial charge in [0, 0.05) is 43.5 Å². The summed E-state index contributed by atoms with van der Waals surface area (Å²) < 4.78 is 19.5. The van der Waals surface area contributed by atoms with Gasteiger partial charge in [0.1, 0.15) is 17.3 Å². The molecule has 158 valence electrons.